The molecular weight excluding hydrogens is 180 g/mol. The average Bonchev–Trinajstić information content (AvgIpc) is 2.32. The van der Waals surface area contributed by atoms with Crippen molar-refractivity contribution in [3.8, 4) is 0 Å². The molecule has 0 spiro atoms. The van der Waals surface area contributed by atoms with E-state index in [1.807, 2.05) is 0 Å². The fraction of sp³-hybridized carbons (Fsp3) is 0.500. The number of hydrogen-bond donors (Lipinski definition) is 1. The van der Waals surface area contributed by atoms with Crippen LogP contribution in [0.2, 0.25) is 0 Å². The van der Waals surface area contributed by atoms with Crippen LogP contribution >= 0.6 is 11.6 Å². The highest BCUT2D eigenvalue weighted by atomic mass is 35.5. The molecule has 1 aliphatic rings. The van der Waals surface area contributed by atoms with E-state index >= 15 is 0 Å². The zero-order chi connectivity index (χ0) is 9.14. The molecule has 66 valence electrons. The van der Waals surface area contributed by atoms with E-state index in [4.69, 9.17) is 16.7 Å². The fourth-order valence-corrected chi connectivity index (χ4v) is 1.59. The van der Waals surface area contributed by atoms with Gasteiger partial charge in [0, 0.05) is 12.3 Å². The number of ketones is 1. The van der Waals surface area contributed by atoms with Gasteiger partial charge in [0.15, 0.2) is 0 Å². The number of rotatable bonds is 3. The summed E-state index contributed by atoms with van der Waals surface area (Å²) in [7, 11) is 0. The molecule has 1 rings (SSSR count). The number of alkyl halides is 1. The van der Waals surface area contributed by atoms with Gasteiger partial charge in [0.2, 0.25) is 0 Å². The summed E-state index contributed by atoms with van der Waals surface area (Å²) < 4.78 is 0. The van der Waals surface area contributed by atoms with E-state index in [1.165, 1.54) is 0 Å². The second kappa shape index (κ2) is 3.72. The van der Waals surface area contributed by atoms with E-state index in [1.54, 1.807) is 6.08 Å². The average molecular weight is 189 g/mol. The number of halogens is 1. The van der Waals surface area contributed by atoms with Crippen molar-refractivity contribution in [2.75, 3.05) is 5.88 Å². The lowest BCUT2D eigenvalue weighted by Gasteiger charge is -2.07. The van der Waals surface area contributed by atoms with E-state index < -0.39 is 11.9 Å². The summed E-state index contributed by atoms with van der Waals surface area (Å²) in [5.41, 5.74) is 0.754. The van der Waals surface area contributed by atoms with Gasteiger partial charge in [0.05, 0.1) is 12.3 Å². The van der Waals surface area contributed by atoms with E-state index in [0.717, 1.165) is 5.57 Å². The summed E-state index contributed by atoms with van der Waals surface area (Å²) in [5, 5.41) is 8.48. The Labute approximate surface area is 75.0 Å². The lowest BCUT2D eigenvalue weighted by atomic mass is 9.98. The molecule has 0 heterocycles. The Morgan fingerprint density at radius 1 is 1.75 bits per heavy atom. The first-order valence-electron chi connectivity index (χ1n) is 3.64. The third-order valence-electron chi connectivity index (χ3n) is 1.93. The van der Waals surface area contributed by atoms with Crippen molar-refractivity contribution < 1.29 is 14.7 Å². The Balaban J connectivity index is 2.66. The summed E-state index contributed by atoms with van der Waals surface area (Å²) in [4.78, 5) is 21.4. The number of carbonyl (C=O) groups excluding carboxylic acids is 1. The topological polar surface area (TPSA) is 54.4 Å². The Morgan fingerprint density at radius 2 is 2.42 bits per heavy atom. The van der Waals surface area contributed by atoms with Gasteiger partial charge in [-0.25, -0.2) is 0 Å². The number of carbonyl (C=O) groups is 2. The van der Waals surface area contributed by atoms with Crippen LogP contribution in [0.1, 0.15) is 12.8 Å². The Hall–Kier alpha value is -0.830. The molecule has 3 nitrogen and oxygen atoms in total. The van der Waals surface area contributed by atoms with Crippen molar-refractivity contribution in [3.63, 3.8) is 0 Å². The van der Waals surface area contributed by atoms with Crippen molar-refractivity contribution in [2.45, 2.75) is 12.8 Å². The van der Waals surface area contributed by atoms with Gasteiger partial charge in [-0.15, -0.1) is 11.6 Å². The molecule has 0 bridgehead atoms. The van der Waals surface area contributed by atoms with Gasteiger partial charge in [-0.3, -0.25) is 9.59 Å². The Bertz CT molecular complexity index is 245. The van der Waals surface area contributed by atoms with Crippen LogP contribution in [0.25, 0.3) is 0 Å². The highest BCUT2D eigenvalue weighted by molar-refractivity contribution is 6.20. The highest BCUT2D eigenvalue weighted by Gasteiger charge is 2.28. The molecule has 1 atom stereocenters. The van der Waals surface area contributed by atoms with E-state index in [9.17, 15) is 9.59 Å². The van der Waals surface area contributed by atoms with Gasteiger partial charge in [0.1, 0.15) is 5.78 Å². The van der Waals surface area contributed by atoms with E-state index in [2.05, 4.69) is 0 Å². The number of carboxylic acids is 1. The van der Waals surface area contributed by atoms with Gasteiger partial charge in [-0.1, -0.05) is 6.08 Å². The predicted octanol–water partition coefficient (Wildman–Crippen LogP) is 1.22. The Morgan fingerprint density at radius 3 is 2.92 bits per heavy atom. The first-order valence-corrected chi connectivity index (χ1v) is 4.18. The Kier molecular flexibility index (Phi) is 2.87. The van der Waals surface area contributed by atoms with Crippen LogP contribution in [0.5, 0.6) is 0 Å². The van der Waals surface area contributed by atoms with E-state index in [-0.39, 0.29) is 18.1 Å². The third-order valence-corrected chi connectivity index (χ3v) is 2.24. The maximum Gasteiger partial charge on any atom is 0.304 e. The van der Waals surface area contributed by atoms with Gasteiger partial charge >= 0.3 is 5.97 Å². The van der Waals surface area contributed by atoms with Crippen LogP contribution in [-0.2, 0) is 9.59 Å². The molecule has 0 aromatic carbocycles. The lowest BCUT2D eigenvalue weighted by Crippen LogP contribution is -2.15. The minimum atomic E-state index is -0.953. The maximum absolute atomic E-state index is 11.1. The number of allylic oxidation sites excluding steroid dienone is 2. The minimum Gasteiger partial charge on any atom is -0.481 e. The zero-order valence-corrected chi connectivity index (χ0v) is 7.17. The second-order valence-electron chi connectivity index (χ2n) is 2.73. The number of aliphatic carboxylic acids is 1. The molecule has 0 fully saturated rings. The standard InChI is InChI=1S/C8H9ClO3/c9-4-5-1-2-7(10)6(5)3-8(11)12/h1,6H,2-4H2,(H,11,12). The van der Waals surface area contributed by atoms with Crippen LogP contribution in [0.15, 0.2) is 11.6 Å². The largest absolute Gasteiger partial charge is 0.481 e. The van der Waals surface area contributed by atoms with Crippen molar-refractivity contribution in [2.24, 2.45) is 5.92 Å². The van der Waals surface area contributed by atoms with Crippen molar-refractivity contribution in [1.29, 1.82) is 0 Å². The van der Waals surface area contributed by atoms with Gasteiger partial charge in [-0.05, 0) is 5.57 Å². The first kappa shape index (κ1) is 9.26. The molecule has 0 saturated carbocycles. The molecule has 0 radical (unpaired) electrons. The SMILES string of the molecule is O=C(O)CC1C(=O)CC=C1CCl. The second-order valence-corrected chi connectivity index (χ2v) is 3.00. The molecule has 1 unspecified atom stereocenters. The van der Waals surface area contributed by atoms with Crippen molar-refractivity contribution >= 4 is 23.4 Å². The van der Waals surface area contributed by atoms with Crippen LogP contribution < -0.4 is 0 Å². The van der Waals surface area contributed by atoms with Crippen molar-refractivity contribution in [3.05, 3.63) is 11.6 Å². The third kappa shape index (κ3) is 1.85. The maximum atomic E-state index is 11.1. The molecule has 0 aromatic heterocycles. The van der Waals surface area contributed by atoms with Crippen LogP contribution in [0, 0.1) is 5.92 Å². The summed E-state index contributed by atoms with van der Waals surface area (Å²) in [6.07, 6.45) is 1.93. The van der Waals surface area contributed by atoms with Gasteiger partial charge < -0.3 is 5.11 Å². The molecule has 1 N–H and O–H groups in total. The van der Waals surface area contributed by atoms with Gasteiger partial charge in [-0.2, -0.15) is 0 Å². The number of hydrogen-bond acceptors (Lipinski definition) is 2. The smallest absolute Gasteiger partial charge is 0.304 e. The monoisotopic (exact) mass is 188 g/mol. The number of Topliss-reactive ketones (excluding diaryl/α,β-unsaturated/α-hetero) is 1. The van der Waals surface area contributed by atoms with E-state index in [0.29, 0.717) is 6.42 Å². The van der Waals surface area contributed by atoms with Crippen molar-refractivity contribution in [1.82, 2.24) is 0 Å². The molecule has 4 heteroatoms. The molecule has 0 aromatic rings. The number of carboxylic acid groups (broad SMARTS) is 1. The molecule has 0 saturated heterocycles. The zero-order valence-electron chi connectivity index (χ0n) is 6.42. The predicted molar refractivity (Wildman–Crippen MR) is 44.2 cm³/mol. The highest BCUT2D eigenvalue weighted by Crippen LogP contribution is 2.26. The lowest BCUT2D eigenvalue weighted by molar-refractivity contribution is -0.139. The minimum absolute atomic E-state index is 0.0342. The summed E-state index contributed by atoms with van der Waals surface area (Å²) in [5.74, 6) is -1.21. The molecular formula is C8H9ClO3. The van der Waals surface area contributed by atoms with Crippen LogP contribution in [-0.4, -0.2) is 22.7 Å². The summed E-state index contributed by atoms with van der Waals surface area (Å²) >= 11 is 5.54. The summed E-state index contributed by atoms with van der Waals surface area (Å²) in [6.45, 7) is 0. The van der Waals surface area contributed by atoms with Crippen LogP contribution in [0.3, 0.4) is 0 Å². The quantitative estimate of drug-likeness (QED) is 0.535. The van der Waals surface area contributed by atoms with Crippen LogP contribution in [0.4, 0.5) is 0 Å². The fourth-order valence-electron chi connectivity index (χ4n) is 1.29. The summed E-state index contributed by atoms with van der Waals surface area (Å²) in [6, 6.07) is 0. The molecule has 1 aliphatic carbocycles. The normalized spacial score (nSPS) is 22.6. The molecule has 0 aliphatic heterocycles. The molecule has 12 heavy (non-hydrogen) atoms. The molecule has 0 amide bonds. The van der Waals surface area contributed by atoms with Gasteiger partial charge in [0.25, 0.3) is 0 Å². The first-order chi connectivity index (χ1) is 5.65.